The van der Waals surface area contributed by atoms with Crippen LogP contribution in [0, 0.1) is 0 Å². The summed E-state index contributed by atoms with van der Waals surface area (Å²) in [6.07, 6.45) is 2.97. The molecule has 2 aromatic carbocycles. The van der Waals surface area contributed by atoms with E-state index in [1.165, 1.54) is 23.5 Å². The largest absolute Gasteiger partial charge is 0.390 e. The van der Waals surface area contributed by atoms with Gasteiger partial charge >= 0.3 is 0 Å². The summed E-state index contributed by atoms with van der Waals surface area (Å²) in [6, 6.07) is 15.6. The Hall–Kier alpha value is -3.04. The minimum atomic E-state index is -3.30. The molecule has 1 saturated carbocycles. The number of anilines is 1. The molecular weight excluding hydrogens is 422 g/mol. The van der Waals surface area contributed by atoms with Gasteiger partial charge in [-0.2, -0.15) is 0 Å². The highest BCUT2D eigenvalue weighted by Gasteiger charge is 2.36. The number of nitrogens with one attached hydrogen (secondary N) is 1. The highest BCUT2D eigenvalue weighted by molar-refractivity contribution is 7.92. The molecule has 154 valence electrons. The molecule has 1 N–H and O–H groups in total. The lowest BCUT2D eigenvalue weighted by atomic mass is 10.1. The zero-order valence-corrected chi connectivity index (χ0v) is 17.5. The van der Waals surface area contributed by atoms with Crippen molar-refractivity contribution in [3.05, 3.63) is 77.3 Å². The van der Waals surface area contributed by atoms with Crippen molar-refractivity contribution in [3.8, 4) is 0 Å². The van der Waals surface area contributed by atoms with E-state index in [0.717, 1.165) is 5.56 Å². The van der Waals surface area contributed by atoms with Crippen LogP contribution in [0.25, 0.3) is 0 Å². The van der Waals surface area contributed by atoms with Crippen LogP contribution < -0.4 is 5.32 Å². The van der Waals surface area contributed by atoms with Crippen molar-refractivity contribution in [2.24, 2.45) is 5.16 Å². The number of thiazole rings is 1. The van der Waals surface area contributed by atoms with Crippen molar-refractivity contribution >= 4 is 37.9 Å². The highest BCUT2D eigenvalue weighted by Crippen LogP contribution is 2.33. The predicted octanol–water partition coefficient (Wildman–Crippen LogP) is 3.64. The van der Waals surface area contributed by atoms with Crippen LogP contribution in [0.15, 0.2) is 76.2 Å². The number of aromatic nitrogens is 1. The molecule has 0 saturated heterocycles. The van der Waals surface area contributed by atoms with E-state index in [-0.39, 0.29) is 22.5 Å². The van der Waals surface area contributed by atoms with E-state index in [9.17, 15) is 13.2 Å². The minimum Gasteiger partial charge on any atom is -0.390 e. The van der Waals surface area contributed by atoms with E-state index in [1.54, 1.807) is 23.7 Å². The average Bonchev–Trinajstić information content (AvgIpc) is 3.51. The third kappa shape index (κ3) is 4.74. The van der Waals surface area contributed by atoms with Crippen LogP contribution in [0.1, 0.15) is 24.0 Å². The third-order valence-electron chi connectivity index (χ3n) is 4.52. The van der Waals surface area contributed by atoms with Gasteiger partial charge < -0.3 is 4.84 Å². The van der Waals surface area contributed by atoms with Gasteiger partial charge in [0.2, 0.25) is 0 Å². The smallest absolute Gasteiger partial charge is 0.280 e. The van der Waals surface area contributed by atoms with E-state index >= 15 is 0 Å². The summed E-state index contributed by atoms with van der Waals surface area (Å²) in [7, 11) is -3.30. The van der Waals surface area contributed by atoms with E-state index in [1.807, 2.05) is 30.3 Å². The molecule has 1 heterocycles. The minimum absolute atomic E-state index is 0.0384. The Labute approximate surface area is 178 Å². The van der Waals surface area contributed by atoms with Crippen LogP contribution >= 0.6 is 11.3 Å². The van der Waals surface area contributed by atoms with Crippen molar-refractivity contribution in [1.29, 1.82) is 0 Å². The molecule has 7 nitrogen and oxygen atoms in total. The lowest BCUT2D eigenvalue weighted by Crippen LogP contribution is -2.24. The number of hydrogen-bond donors (Lipinski definition) is 1. The standard InChI is InChI=1S/C21H19N3O4S2/c25-20(23-21-22-12-13-29-21)19(24-28-14-15-4-2-1-3-5-15)16-6-8-17(9-7-16)30(26,27)18-10-11-18/h1-9,12-13,18H,10-11,14H2,(H,22,23,25)/b24-19+. The van der Waals surface area contributed by atoms with Gasteiger partial charge in [0.05, 0.1) is 10.1 Å². The van der Waals surface area contributed by atoms with E-state index < -0.39 is 15.7 Å². The summed E-state index contributed by atoms with van der Waals surface area (Å²) in [5.74, 6) is -0.490. The Balaban J connectivity index is 1.57. The lowest BCUT2D eigenvalue weighted by molar-refractivity contribution is -0.110. The fraction of sp³-hybridized carbons (Fsp3) is 0.190. The average molecular weight is 442 g/mol. The molecule has 0 atom stereocenters. The fourth-order valence-electron chi connectivity index (χ4n) is 2.79. The first-order valence-corrected chi connectivity index (χ1v) is 11.8. The second-order valence-electron chi connectivity index (χ2n) is 6.76. The van der Waals surface area contributed by atoms with E-state index in [4.69, 9.17) is 4.84 Å². The van der Waals surface area contributed by atoms with Crippen LogP contribution in [-0.2, 0) is 26.1 Å². The number of sulfone groups is 1. The predicted molar refractivity (Wildman–Crippen MR) is 115 cm³/mol. The molecule has 0 bridgehead atoms. The number of oxime groups is 1. The first-order chi connectivity index (χ1) is 14.5. The van der Waals surface area contributed by atoms with Crippen LogP contribution in [0.2, 0.25) is 0 Å². The maximum absolute atomic E-state index is 12.8. The lowest BCUT2D eigenvalue weighted by Gasteiger charge is -2.08. The zero-order valence-electron chi connectivity index (χ0n) is 15.9. The Morgan fingerprint density at radius 3 is 2.50 bits per heavy atom. The van der Waals surface area contributed by atoms with E-state index in [0.29, 0.717) is 23.5 Å². The van der Waals surface area contributed by atoms with Crippen LogP contribution in [-0.4, -0.2) is 30.3 Å². The molecule has 0 aliphatic heterocycles. The summed E-state index contributed by atoms with van der Waals surface area (Å²) in [5, 5.41) is 8.61. The van der Waals surface area contributed by atoms with Crippen LogP contribution in [0.4, 0.5) is 5.13 Å². The van der Waals surface area contributed by atoms with Gasteiger partial charge in [0, 0.05) is 17.1 Å². The number of amides is 1. The highest BCUT2D eigenvalue weighted by atomic mass is 32.2. The molecule has 0 spiro atoms. The zero-order chi connectivity index (χ0) is 21.0. The molecule has 0 radical (unpaired) electrons. The molecule has 1 aliphatic rings. The summed E-state index contributed by atoms with van der Waals surface area (Å²) in [5.41, 5.74) is 1.40. The third-order valence-corrected chi connectivity index (χ3v) is 7.48. The quantitative estimate of drug-likeness (QED) is 0.425. The summed E-state index contributed by atoms with van der Waals surface area (Å²) < 4.78 is 24.8. The Morgan fingerprint density at radius 1 is 1.13 bits per heavy atom. The SMILES string of the molecule is O=C(Nc1nccs1)/C(=N/OCc1ccccc1)c1ccc(S(=O)(=O)C2CC2)cc1. The van der Waals surface area contributed by atoms with Crippen LogP contribution in [0.5, 0.6) is 0 Å². The summed E-state index contributed by atoms with van der Waals surface area (Å²) in [4.78, 5) is 22.5. The van der Waals surface area contributed by atoms with Gasteiger partial charge in [-0.3, -0.25) is 10.1 Å². The first-order valence-electron chi connectivity index (χ1n) is 9.33. The molecule has 4 rings (SSSR count). The molecule has 1 amide bonds. The topological polar surface area (TPSA) is 97.7 Å². The van der Waals surface area contributed by atoms with Crippen molar-refractivity contribution in [2.75, 3.05) is 5.32 Å². The van der Waals surface area contributed by atoms with Crippen molar-refractivity contribution < 1.29 is 18.0 Å². The molecule has 1 fully saturated rings. The maximum Gasteiger partial charge on any atom is 0.280 e. The first kappa shape index (κ1) is 20.2. The number of rotatable bonds is 8. The van der Waals surface area contributed by atoms with Crippen LogP contribution in [0.3, 0.4) is 0 Å². The number of hydrogen-bond acceptors (Lipinski definition) is 7. The molecular formula is C21H19N3O4S2. The summed E-state index contributed by atoms with van der Waals surface area (Å²) >= 11 is 1.28. The van der Waals surface area contributed by atoms with Gasteiger partial charge in [-0.1, -0.05) is 47.6 Å². The van der Waals surface area contributed by atoms with Gasteiger partial charge in [0.1, 0.15) is 6.61 Å². The van der Waals surface area contributed by atoms with Crippen molar-refractivity contribution in [3.63, 3.8) is 0 Å². The number of carbonyl (C=O) groups excluding carboxylic acids is 1. The van der Waals surface area contributed by atoms with Gasteiger partial charge in [-0.25, -0.2) is 13.4 Å². The second-order valence-corrected chi connectivity index (χ2v) is 9.88. The summed E-state index contributed by atoms with van der Waals surface area (Å²) in [6.45, 7) is 0.197. The van der Waals surface area contributed by atoms with Crippen molar-refractivity contribution in [1.82, 2.24) is 4.98 Å². The normalized spacial score (nSPS) is 14.3. The molecule has 3 aromatic rings. The number of benzene rings is 2. The monoisotopic (exact) mass is 441 g/mol. The number of nitrogens with zero attached hydrogens (tertiary/aromatic N) is 2. The fourth-order valence-corrected chi connectivity index (χ4v) is 4.97. The van der Waals surface area contributed by atoms with Crippen molar-refractivity contribution in [2.45, 2.75) is 29.6 Å². The molecule has 9 heteroatoms. The molecule has 1 aliphatic carbocycles. The Kier molecular flexibility index (Phi) is 5.91. The van der Waals surface area contributed by atoms with Gasteiger partial charge in [0.15, 0.2) is 20.7 Å². The van der Waals surface area contributed by atoms with Gasteiger partial charge in [0.25, 0.3) is 5.91 Å². The van der Waals surface area contributed by atoms with E-state index in [2.05, 4.69) is 15.5 Å². The molecule has 1 aromatic heterocycles. The Morgan fingerprint density at radius 2 is 1.87 bits per heavy atom. The maximum atomic E-state index is 12.8. The van der Waals surface area contributed by atoms with Gasteiger partial charge in [-0.15, -0.1) is 11.3 Å². The number of carbonyl (C=O) groups is 1. The van der Waals surface area contributed by atoms with Gasteiger partial charge in [-0.05, 0) is 30.5 Å². The molecule has 0 unspecified atom stereocenters. The second kappa shape index (κ2) is 8.76. The molecule has 30 heavy (non-hydrogen) atoms. The Bertz CT molecular complexity index is 1140.